The van der Waals surface area contributed by atoms with E-state index in [9.17, 15) is 42.1 Å². The number of hydrogen-bond donors (Lipinski definition) is 0. The van der Waals surface area contributed by atoms with Crippen molar-refractivity contribution >= 4 is 11.1 Å². The summed E-state index contributed by atoms with van der Waals surface area (Å²) < 4.78 is 0. The number of nitriles is 8. The van der Waals surface area contributed by atoms with E-state index in [2.05, 4.69) is 0 Å². The van der Waals surface area contributed by atoms with Gasteiger partial charge in [0.2, 0.25) is 0 Å². The number of rotatable bonds is 2. The van der Waals surface area contributed by atoms with Crippen LogP contribution < -0.4 is 0 Å². The molecule has 8 nitrogen and oxygen atoms in total. The molecule has 0 heterocycles. The summed E-state index contributed by atoms with van der Waals surface area (Å²) in [6, 6.07) is 24.3. The van der Waals surface area contributed by atoms with Gasteiger partial charge in [-0.3, -0.25) is 0 Å². The van der Waals surface area contributed by atoms with Crippen LogP contribution in [-0.2, 0) is 0 Å². The molecule has 168 valence electrons. The Bertz CT molecular complexity index is 1750. The lowest BCUT2D eigenvalue weighted by Gasteiger charge is -2.12. The molecular formula is C30H8N8. The van der Waals surface area contributed by atoms with E-state index in [-0.39, 0.29) is 44.5 Å². The Morgan fingerprint density at radius 2 is 0.711 bits per heavy atom. The number of nitrogens with zero attached hydrogens (tertiary/aromatic N) is 8. The Hall–Kier alpha value is -6.94. The maximum atomic E-state index is 9.77. The van der Waals surface area contributed by atoms with E-state index in [4.69, 9.17) is 0 Å². The largest absolute Gasteiger partial charge is 0.192 e. The summed E-state index contributed by atoms with van der Waals surface area (Å²) in [5, 5.41) is 76.8. The first-order chi connectivity index (χ1) is 18.5. The SMILES string of the molecule is N#CC(C#N)=C1C(c2cc(C#N)cc(C#N)c2)=CC2=C1C=C(c1cc(C#N)cc(C#N)c1)C2=C(C#N)C#N. The van der Waals surface area contributed by atoms with Crippen molar-refractivity contribution in [3.63, 3.8) is 0 Å². The van der Waals surface area contributed by atoms with E-state index in [0.29, 0.717) is 33.4 Å². The van der Waals surface area contributed by atoms with Gasteiger partial charge in [-0.1, -0.05) is 0 Å². The van der Waals surface area contributed by atoms with E-state index in [1.807, 2.05) is 48.6 Å². The third-order valence-corrected chi connectivity index (χ3v) is 5.90. The minimum absolute atomic E-state index is 0.195. The summed E-state index contributed by atoms with van der Waals surface area (Å²) in [5.74, 6) is 0. The smallest absolute Gasteiger partial charge is 0.138 e. The van der Waals surface area contributed by atoms with Crippen molar-refractivity contribution in [1.82, 2.24) is 0 Å². The van der Waals surface area contributed by atoms with Gasteiger partial charge in [0.05, 0.1) is 46.5 Å². The summed E-state index contributed by atoms with van der Waals surface area (Å²) in [6.07, 6.45) is 3.20. The minimum atomic E-state index is -0.252. The van der Waals surface area contributed by atoms with Gasteiger partial charge in [0.1, 0.15) is 35.4 Å². The van der Waals surface area contributed by atoms with Gasteiger partial charge in [-0.05, 0) is 82.0 Å². The monoisotopic (exact) mass is 480 g/mol. The lowest BCUT2D eigenvalue weighted by molar-refractivity contribution is 1.41. The zero-order chi connectivity index (χ0) is 27.4. The van der Waals surface area contributed by atoms with Crippen molar-refractivity contribution < 1.29 is 0 Å². The van der Waals surface area contributed by atoms with Gasteiger partial charge in [-0.25, -0.2) is 0 Å². The molecule has 0 radical (unpaired) electrons. The summed E-state index contributed by atoms with van der Waals surface area (Å²) in [5.41, 5.74) is 3.00. The fraction of sp³-hybridized carbons (Fsp3) is 0. The van der Waals surface area contributed by atoms with Crippen molar-refractivity contribution in [2.45, 2.75) is 0 Å². The third kappa shape index (κ3) is 3.85. The van der Waals surface area contributed by atoms with Crippen LogP contribution in [0.3, 0.4) is 0 Å². The zero-order valence-corrected chi connectivity index (χ0v) is 19.2. The molecule has 0 N–H and O–H groups in total. The van der Waals surface area contributed by atoms with Crippen molar-refractivity contribution in [2.75, 3.05) is 0 Å². The third-order valence-electron chi connectivity index (χ3n) is 5.90. The van der Waals surface area contributed by atoms with Gasteiger partial charge in [-0.2, -0.15) is 42.1 Å². The van der Waals surface area contributed by atoms with E-state index < -0.39 is 0 Å². The van der Waals surface area contributed by atoms with Crippen LogP contribution in [0.2, 0.25) is 0 Å². The Labute approximate surface area is 217 Å². The lowest BCUT2D eigenvalue weighted by atomic mass is 9.89. The number of benzene rings is 2. The molecule has 0 saturated carbocycles. The molecule has 2 aromatic rings. The number of allylic oxidation sites excluding steroid dienone is 10. The molecule has 38 heavy (non-hydrogen) atoms. The van der Waals surface area contributed by atoms with Gasteiger partial charge in [0, 0.05) is 11.1 Å². The van der Waals surface area contributed by atoms with Crippen LogP contribution in [0.15, 0.2) is 82.0 Å². The minimum Gasteiger partial charge on any atom is -0.192 e. The van der Waals surface area contributed by atoms with E-state index in [1.165, 1.54) is 36.4 Å². The second-order valence-corrected chi connectivity index (χ2v) is 7.94. The molecule has 0 atom stereocenters. The van der Waals surface area contributed by atoms with Gasteiger partial charge < -0.3 is 0 Å². The highest BCUT2D eigenvalue weighted by atomic mass is 14.4. The van der Waals surface area contributed by atoms with Crippen LogP contribution in [0, 0.1) is 90.6 Å². The maximum Gasteiger partial charge on any atom is 0.138 e. The van der Waals surface area contributed by atoms with Gasteiger partial charge in [-0.15, -0.1) is 0 Å². The molecule has 0 unspecified atom stereocenters. The van der Waals surface area contributed by atoms with Crippen LogP contribution in [0.5, 0.6) is 0 Å². The maximum absolute atomic E-state index is 9.77. The van der Waals surface area contributed by atoms with Gasteiger partial charge >= 0.3 is 0 Å². The first kappa shape index (κ1) is 24.2. The second-order valence-electron chi connectivity index (χ2n) is 7.94. The molecule has 0 spiro atoms. The van der Waals surface area contributed by atoms with Crippen molar-refractivity contribution in [2.24, 2.45) is 0 Å². The average molecular weight is 480 g/mol. The highest BCUT2D eigenvalue weighted by molar-refractivity contribution is 6.05. The normalized spacial score (nSPS) is 12.6. The molecule has 0 amide bonds. The molecule has 2 aliphatic carbocycles. The lowest BCUT2D eigenvalue weighted by Crippen LogP contribution is -1.97. The first-order valence-electron chi connectivity index (χ1n) is 10.7. The highest BCUT2D eigenvalue weighted by Crippen LogP contribution is 2.51. The Morgan fingerprint density at radius 3 is 0.947 bits per heavy atom. The summed E-state index contributed by atoms with van der Waals surface area (Å²) in [7, 11) is 0. The second kappa shape index (κ2) is 9.74. The quantitative estimate of drug-likeness (QED) is 0.554. The molecule has 2 aliphatic rings. The predicted molar refractivity (Wildman–Crippen MR) is 131 cm³/mol. The van der Waals surface area contributed by atoms with E-state index >= 15 is 0 Å². The Morgan fingerprint density at radius 1 is 0.421 bits per heavy atom. The summed E-state index contributed by atoms with van der Waals surface area (Å²) >= 11 is 0. The van der Waals surface area contributed by atoms with Crippen LogP contribution in [0.4, 0.5) is 0 Å². The molecule has 0 aromatic heterocycles. The van der Waals surface area contributed by atoms with Crippen molar-refractivity contribution in [3.8, 4) is 48.6 Å². The first-order valence-corrected chi connectivity index (χ1v) is 10.7. The fourth-order valence-corrected chi connectivity index (χ4v) is 4.38. The molecular weight excluding hydrogens is 472 g/mol. The molecule has 0 bridgehead atoms. The highest BCUT2D eigenvalue weighted by Gasteiger charge is 2.35. The van der Waals surface area contributed by atoms with Crippen LogP contribution in [0.1, 0.15) is 33.4 Å². The molecule has 8 heteroatoms. The molecule has 2 aromatic carbocycles. The summed E-state index contributed by atoms with van der Waals surface area (Å²) in [6.45, 7) is 0. The van der Waals surface area contributed by atoms with Gasteiger partial charge in [0.25, 0.3) is 0 Å². The van der Waals surface area contributed by atoms with Crippen LogP contribution in [0.25, 0.3) is 11.1 Å². The van der Waals surface area contributed by atoms with Crippen molar-refractivity contribution in [3.05, 3.63) is 115 Å². The summed E-state index contributed by atoms with van der Waals surface area (Å²) in [4.78, 5) is 0. The van der Waals surface area contributed by atoms with E-state index in [1.54, 1.807) is 12.2 Å². The molecule has 4 rings (SSSR count). The molecule has 0 aliphatic heterocycles. The fourth-order valence-electron chi connectivity index (χ4n) is 4.38. The molecule has 0 saturated heterocycles. The number of hydrogen-bond acceptors (Lipinski definition) is 8. The topological polar surface area (TPSA) is 190 Å². The van der Waals surface area contributed by atoms with Crippen LogP contribution in [-0.4, -0.2) is 0 Å². The Balaban J connectivity index is 2.08. The zero-order valence-electron chi connectivity index (χ0n) is 19.2. The van der Waals surface area contributed by atoms with Gasteiger partial charge in [0.15, 0.2) is 0 Å². The van der Waals surface area contributed by atoms with Crippen molar-refractivity contribution in [1.29, 1.82) is 42.1 Å². The molecule has 0 fully saturated rings. The van der Waals surface area contributed by atoms with E-state index in [0.717, 1.165) is 0 Å². The predicted octanol–water partition coefficient (Wildman–Crippen LogP) is 4.65. The van der Waals surface area contributed by atoms with Crippen LogP contribution >= 0.6 is 0 Å². The standard InChI is InChI=1S/C30H8N8/c31-9-17-1-18(10-32)4-21(3-17)25-7-27-28(29(25)23(13-35)14-36)8-26(30(27)24(15-37)16-38)22-5-19(11-33)2-20(6-22)12-34/h1-8H. The average Bonchev–Trinajstić information content (AvgIpc) is 3.51. The Kier molecular flexibility index (Phi) is 6.20.